The number of thiophene rings is 1. The van der Waals surface area contributed by atoms with Crippen molar-refractivity contribution in [2.45, 2.75) is 13.0 Å². The number of halogens is 1. The van der Waals surface area contributed by atoms with E-state index < -0.39 is 0 Å². The van der Waals surface area contributed by atoms with E-state index in [1.165, 1.54) is 4.88 Å². The lowest BCUT2D eigenvalue weighted by atomic mass is 9.96. The lowest BCUT2D eigenvalue weighted by molar-refractivity contribution is 0.122. The van der Waals surface area contributed by atoms with E-state index in [4.69, 9.17) is 21.1 Å². The highest BCUT2D eigenvalue weighted by atomic mass is 35.5. The van der Waals surface area contributed by atoms with Gasteiger partial charge < -0.3 is 24.7 Å². The SMILES string of the molecule is O=c1cc(N2CCOCC2)cc(-c2cccc3c2Oc2ccc(NCc4ccc(Cl)s4)cc2C3)[nH]1. The van der Waals surface area contributed by atoms with Gasteiger partial charge in [-0.15, -0.1) is 11.3 Å². The highest BCUT2D eigenvalue weighted by Crippen LogP contribution is 2.43. The minimum absolute atomic E-state index is 0.124. The first-order chi connectivity index (χ1) is 17.1. The Hall–Kier alpha value is -3.26. The molecule has 2 aliphatic heterocycles. The number of rotatable bonds is 5. The zero-order valence-electron chi connectivity index (χ0n) is 19.0. The normalized spacial score (nSPS) is 14.7. The van der Waals surface area contributed by atoms with E-state index in [1.807, 2.05) is 42.5 Å². The second-order valence-electron chi connectivity index (χ2n) is 8.67. The number of pyridine rings is 1. The molecule has 0 amide bonds. The third-order valence-electron chi connectivity index (χ3n) is 6.34. The number of para-hydroxylation sites is 1. The van der Waals surface area contributed by atoms with Crippen molar-refractivity contribution >= 4 is 34.3 Å². The minimum atomic E-state index is -0.124. The smallest absolute Gasteiger partial charge is 0.250 e. The molecule has 0 radical (unpaired) electrons. The average molecular weight is 506 g/mol. The molecule has 4 aromatic rings. The number of morpholine rings is 1. The number of fused-ring (bicyclic) bond motifs is 2. The van der Waals surface area contributed by atoms with Crippen LogP contribution in [0.3, 0.4) is 0 Å². The van der Waals surface area contributed by atoms with E-state index in [9.17, 15) is 4.79 Å². The molecule has 0 unspecified atom stereocenters. The molecule has 6 nitrogen and oxygen atoms in total. The molecule has 0 spiro atoms. The van der Waals surface area contributed by atoms with Gasteiger partial charge in [0.25, 0.3) is 0 Å². The summed E-state index contributed by atoms with van der Waals surface area (Å²) in [5.74, 6) is 1.63. The van der Waals surface area contributed by atoms with Crippen LogP contribution in [-0.2, 0) is 17.7 Å². The van der Waals surface area contributed by atoms with Gasteiger partial charge in [-0.1, -0.05) is 23.7 Å². The predicted molar refractivity (Wildman–Crippen MR) is 142 cm³/mol. The molecular formula is C27H24ClN3O3S. The van der Waals surface area contributed by atoms with Crippen LogP contribution in [0.1, 0.15) is 16.0 Å². The van der Waals surface area contributed by atoms with Crippen LogP contribution in [0.15, 0.2) is 65.5 Å². The molecule has 0 saturated carbocycles. The van der Waals surface area contributed by atoms with Gasteiger partial charge in [0.05, 0.1) is 23.2 Å². The molecule has 4 heterocycles. The maximum absolute atomic E-state index is 12.5. The number of ether oxygens (including phenoxy) is 2. The zero-order valence-corrected chi connectivity index (χ0v) is 20.5. The quantitative estimate of drug-likeness (QED) is 0.311. The Balaban J connectivity index is 1.27. The summed E-state index contributed by atoms with van der Waals surface area (Å²) in [7, 11) is 0. The molecule has 6 rings (SSSR count). The molecule has 1 fully saturated rings. The maximum atomic E-state index is 12.5. The van der Waals surface area contributed by atoms with E-state index in [0.29, 0.717) is 13.2 Å². The van der Waals surface area contributed by atoms with Gasteiger partial charge in [0.1, 0.15) is 11.5 Å². The molecule has 178 valence electrons. The zero-order chi connectivity index (χ0) is 23.8. The predicted octanol–water partition coefficient (Wildman–Crippen LogP) is 5.90. The van der Waals surface area contributed by atoms with E-state index in [2.05, 4.69) is 27.3 Å². The Labute approximate surface area is 212 Å². The summed E-state index contributed by atoms with van der Waals surface area (Å²) >= 11 is 7.63. The second kappa shape index (κ2) is 9.41. The molecule has 0 atom stereocenters. The molecule has 0 bridgehead atoms. The van der Waals surface area contributed by atoms with Crippen molar-refractivity contribution < 1.29 is 9.47 Å². The van der Waals surface area contributed by atoms with Crippen LogP contribution >= 0.6 is 22.9 Å². The van der Waals surface area contributed by atoms with Crippen LogP contribution in [-0.4, -0.2) is 31.3 Å². The van der Waals surface area contributed by atoms with Crippen LogP contribution in [0.2, 0.25) is 4.34 Å². The summed E-state index contributed by atoms with van der Waals surface area (Å²) in [6, 6.07) is 19.9. The monoisotopic (exact) mass is 505 g/mol. The highest BCUT2D eigenvalue weighted by molar-refractivity contribution is 7.16. The Morgan fingerprint density at radius 2 is 1.91 bits per heavy atom. The van der Waals surface area contributed by atoms with Crippen LogP contribution < -0.4 is 20.5 Å². The third-order valence-corrected chi connectivity index (χ3v) is 7.57. The van der Waals surface area contributed by atoms with Gasteiger partial charge in [-0.3, -0.25) is 4.79 Å². The van der Waals surface area contributed by atoms with E-state index in [1.54, 1.807) is 17.4 Å². The summed E-state index contributed by atoms with van der Waals surface area (Å²) in [6.07, 6.45) is 0.756. The molecule has 2 aromatic heterocycles. The van der Waals surface area contributed by atoms with Gasteiger partial charge in [-0.05, 0) is 48.0 Å². The first kappa shape index (κ1) is 22.2. The fraction of sp³-hybridized carbons (Fsp3) is 0.222. The lowest BCUT2D eigenvalue weighted by Gasteiger charge is -2.29. The van der Waals surface area contributed by atoms with Crippen molar-refractivity contribution in [2.24, 2.45) is 0 Å². The molecular weight excluding hydrogens is 482 g/mol. The third kappa shape index (κ3) is 4.67. The number of aromatic nitrogens is 1. The fourth-order valence-corrected chi connectivity index (χ4v) is 5.64. The number of nitrogens with zero attached hydrogens (tertiary/aromatic N) is 1. The lowest BCUT2D eigenvalue weighted by Crippen LogP contribution is -2.36. The Kier molecular flexibility index (Phi) is 5.98. The first-order valence-corrected chi connectivity index (χ1v) is 12.8. The van der Waals surface area contributed by atoms with Crippen molar-refractivity contribution in [3.63, 3.8) is 0 Å². The summed E-state index contributed by atoms with van der Waals surface area (Å²) in [6.45, 7) is 3.61. The van der Waals surface area contributed by atoms with Crippen molar-refractivity contribution in [3.05, 3.63) is 91.4 Å². The van der Waals surface area contributed by atoms with Crippen molar-refractivity contribution in [1.29, 1.82) is 0 Å². The summed E-state index contributed by atoms with van der Waals surface area (Å²) in [5.41, 5.74) is 5.68. The Morgan fingerprint density at radius 1 is 1.03 bits per heavy atom. The van der Waals surface area contributed by atoms with E-state index in [0.717, 1.165) is 75.6 Å². The highest BCUT2D eigenvalue weighted by Gasteiger charge is 2.22. The van der Waals surface area contributed by atoms with Gasteiger partial charge in [-0.2, -0.15) is 0 Å². The molecule has 2 aliphatic rings. The maximum Gasteiger partial charge on any atom is 0.250 e. The van der Waals surface area contributed by atoms with Crippen molar-refractivity contribution in [1.82, 2.24) is 4.98 Å². The number of hydrogen-bond acceptors (Lipinski definition) is 6. The summed E-state index contributed by atoms with van der Waals surface area (Å²) in [5, 5.41) is 3.47. The average Bonchev–Trinajstić information content (AvgIpc) is 3.31. The van der Waals surface area contributed by atoms with Crippen molar-refractivity contribution in [3.8, 4) is 22.8 Å². The standard InChI is InChI=1S/C27H24ClN3O3S/c28-25-7-5-21(35-25)16-29-19-4-6-24-18(13-19)12-17-2-1-3-22(27(17)34-24)23-14-20(15-26(32)30-23)31-8-10-33-11-9-31/h1-7,13-15,29H,8-12,16H2,(H,30,32). The van der Waals surface area contributed by atoms with Gasteiger partial charge in [-0.25, -0.2) is 0 Å². The van der Waals surface area contributed by atoms with Crippen LogP contribution in [0.5, 0.6) is 11.5 Å². The molecule has 2 N–H and O–H groups in total. The number of nitrogens with one attached hydrogen (secondary N) is 2. The number of aromatic amines is 1. The van der Waals surface area contributed by atoms with Crippen molar-refractivity contribution in [2.75, 3.05) is 36.5 Å². The number of H-pyrrole nitrogens is 1. The van der Waals surface area contributed by atoms with Crippen LogP contribution in [0, 0.1) is 0 Å². The second-order valence-corrected chi connectivity index (χ2v) is 10.5. The summed E-state index contributed by atoms with van der Waals surface area (Å²) < 4.78 is 12.7. The molecule has 8 heteroatoms. The van der Waals surface area contributed by atoms with Crippen LogP contribution in [0.4, 0.5) is 11.4 Å². The van der Waals surface area contributed by atoms with E-state index in [-0.39, 0.29) is 5.56 Å². The van der Waals surface area contributed by atoms with Gasteiger partial charge in [0.15, 0.2) is 0 Å². The first-order valence-electron chi connectivity index (χ1n) is 11.6. The van der Waals surface area contributed by atoms with Gasteiger partial charge in [0, 0.05) is 59.5 Å². The number of anilines is 2. The molecule has 35 heavy (non-hydrogen) atoms. The minimum Gasteiger partial charge on any atom is -0.456 e. The molecule has 1 saturated heterocycles. The van der Waals surface area contributed by atoms with E-state index >= 15 is 0 Å². The Bertz CT molecular complexity index is 1440. The van der Waals surface area contributed by atoms with Gasteiger partial charge in [0.2, 0.25) is 5.56 Å². The van der Waals surface area contributed by atoms with Crippen LogP contribution in [0.25, 0.3) is 11.3 Å². The molecule has 2 aromatic carbocycles. The number of benzene rings is 2. The summed E-state index contributed by atoms with van der Waals surface area (Å²) in [4.78, 5) is 18.9. The topological polar surface area (TPSA) is 66.6 Å². The Morgan fingerprint density at radius 3 is 2.74 bits per heavy atom. The van der Waals surface area contributed by atoms with Gasteiger partial charge >= 0.3 is 0 Å². The fourth-order valence-electron chi connectivity index (χ4n) is 4.61. The number of hydrogen-bond donors (Lipinski definition) is 2. The molecule has 0 aliphatic carbocycles. The largest absolute Gasteiger partial charge is 0.456 e.